The summed E-state index contributed by atoms with van der Waals surface area (Å²) in [6.07, 6.45) is 1.25. The van der Waals surface area contributed by atoms with E-state index < -0.39 is 5.97 Å². The molecule has 0 saturated carbocycles. The number of carbonyl (C=O) groups is 1. The third-order valence-electron chi connectivity index (χ3n) is 2.12. The van der Waals surface area contributed by atoms with Crippen LogP contribution in [0.1, 0.15) is 5.56 Å². The van der Waals surface area contributed by atoms with Crippen LogP contribution in [-0.2, 0) is 4.79 Å². The van der Waals surface area contributed by atoms with Crippen molar-refractivity contribution in [2.24, 2.45) is 0 Å². The fraction of sp³-hybridized carbons (Fsp3) is 0.0909. The number of benzene rings is 1. The van der Waals surface area contributed by atoms with Crippen molar-refractivity contribution in [3.05, 3.63) is 29.8 Å². The Morgan fingerprint density at radius 3 is 3.11 bits per heavy atom. The Kier molecular flexibility index (Phi) is 3.73. The molecule has 2 aromatic rings. The topological polar surface area (TPSA) is 103 Å². The lowest BCUT2D eigenvalue weighted by atomic mass is 10.1. The summed E-state index contributed by atoms with van der Waals surface area (Å²) in [4.78, 5) is 14.6. The third-order valence-corrected chi connectivity index (χ3v) is 2.95. The summed E-state index contributed by atoms with van der Waals surface area (Å²) in [5.74, 6) is -0.415. The Hall–Kier alpha value is -2.15. The number of rotatable bonds is 5. The second-order valence-corrected chi connectivity index (χ2v) is 4.36. The van der Waals surface area contributed by atoms with Crippen LogP contribution in [0.4, 0.5) is 0 Å². The lowest BCUT2D eigenvalue weighted by Crippen LogP contribution is -1.97. The quantitative estimate of drug-likeness (QED) is 0.561. The molecule has 6 nitrogen and oxygen atoms in total. The van der Waals surface area contributed by atoms with E-state index in [0.29, 0.717) is 11.0 Å². The van der Waals surface area contributed by atoms with Crippen LogP contribution in [0.5, 0.6) is 0 Å². The molecule has 0 aliphatic rings. The summed E-state index contributed by atoms with van der Waals surface area (Å²) in [7, 11) is 0. The molecule has 0 aliphatic heterocycles. The molecule has 1 aromatic heterocycles. The van der Waals surface area contributed by atoms with E-state index in [2.05, 4.69) is 15.2 Å². The van der Waals surface area contributed by atoms with E-state index >= 15 is 0 Å². The number of nitrogens with one attached hydrogen (secondary N) is 2. The van der Waals surface area contributed by atoms with Gasteiger partial charge in [-0.2, -0.15) is 0 Å². The van der Waals surface area contributed by atoms with E-state index in [1.807, 2.05) is 18.2 Å². The maximum atomic E-state index is 10.4. The van der Waals surface area contributed by atoms with Crippen molar-refractivity contribution in [2.75, 3.05) is 5.75 Å². The highest BCUT2D eigenvalue weighted by Crippen LogP contribution is 2.19. The molecule has 2 rings (SSSR count). The van der Waals surface area contributed by atoms with Crippen LogP contribution in [-0.4, -0.2) is 38.2 Å². The van der Waals surface area contributed by atoms with E-state index in [1.54, 1.807) is 6.07 Å². The standard InChI is InChI=1S/C11H10N4O2S/c12-5-7-2-1-3-8(4-7)10-13-11(15-14-10)18-6-9(16)17/h1-5,12H,6H2,(H,16,17)(H,13,14,15). The van der Waals surface area contributed by atoms with E-state index in [4.69, 9.17) is 10.5 Å². The van der Waals surface area contributed by atoms with Gasteiger partial charge in [-0.1, -0.05) is 30.0 Å². The SMILES string of the molecule is N=Cc1cccc(-c2nc(SCC(=O)O)n[nH]2)c1. The first kappa shape index (κ1) is 12.3. The molecule has 7 heteroatoms. The van der Waals surface area contributed by atoms with Crippen LogP contribution in [0.3, 0.4) is 0 Å². The van der Waals surface area contributed by atoms with Gasteiger partial charge in [0.2, 0.25) is 5.16 Å². The lowest BCUT2D eigenvalue weighted by molar-refractivity contribution is -0.133. The Balaban J connectivity index is 2.18. The van der Waals surface area contributed by atoms with Crippen molar-refractivity contribution in [2.45, 2.75) is 5.16 Å². The number of hydrogen-bond acceptors (Lipinski definition) is 5. The maximum absolute atomic E-state index is 10.4. The Labute approximate surface area is 107 Å². The lowest BCUT2D eigenvalue weighted by Gasteiger charge is -1.96. The average Bonchev–Trinajstić information content (AvgIpc) is 2.85. The predicted octanol–water partition coefficient (Wildman–Crippen LogP) is 1.65. The molecule has 1 aromatic carbocycles. The number of aliphatic carboxylic acids is 1. The van der Waals surface area contributed by atoms with E-state index in [0.717, 1.165) is 22.9 Å². The number of carboxylic acids is 1. The van der Waals surface area contributed by atoms with Crippen LogP contribution in [0, 0.1) is 5.41 Å². The molecule has 18 heavy (non-hydrogen) atoms. The molecule has 1 heterocycles. The number of aromatic amines is 1. The summed E-state index contributed by atoms with van der Waals surface area (Å²) in [6.45, 7) is 0. The molecule has 0 aliphatic carbocycles. The molecule has 92 valence electrons. The van der Waals surface area contributed by atoms with Gasteiger partial charge in [-0.3, -0.25) is 9.89 Å². The van der Waals surface area contributed by atoms with Crippen molar-refractivity contribution >= 4 is 23.9 Å². The molecule has 0 atom stereocenters. The van der Waals surface area contributed by atoms with Crippen molar-refractivity contribution < 1.29 is 9.90 Å². The molecule has 0 radical (unpaired) electrons. The Bertz CT molecular complexity index is 582. The van der Waals surface area contributed by atoms with Gasteiger partial charge in [0, 0.05) is 11.8 Å². The highest BCUT2D eigenvalue weighted by Gasteiger charge is 2.08. The molecule has 0 fully saturated rings. The minimum atomic E-state index is -0.905. The van der Waals surface area contributed by atoms with Gasteiger partial charge in [-0.25, -0.2) is 4.98 Å². The number of carboxylic acid groups (broad SMARTS) is 1. The number of aromatic nitrogens is 3. The van der Waals surface area contributed by atoms with Gasteiger partial charge in [-0.15, -0.1) is 5.10 Å². The summed E-state index contributed by atoms with van der Waals surface area (Å²) in [5.41, 5.74) is 1.58. The zero-order chi connectivity index (χ0) is 13.0. The largest absolute Gasteiger partial charge is 0.481 e. The number of hydrogen-bond donors (Lipinski definition) is 3. The van der Waals surface area contributed by atoms with Gasteiger partial charge in [0.15, 0.2) is 5.82 Å². The first-order valence-corrected chi connectivity index (χ1v) is 6.05. The average molecular weight is 262 g/mol. The van der Waals surface area contributed by atoms with Crippen molar-refractivity contribution in [1.82, 2.24) is 15.2 Å². The number of thioether (sulfide) groups is 1. The van der Waals surface area contributed by atoms with Crippen LogP contribution in [0.25, 0.3) is 11.4 Å². The predicted molar refractivity (Wildman–Crippen MR) is 68.1 cm³/mol. The summed E-state index contributed by atoms with van der Waals surface area (Å²) >= 11 is 1.06. The highest BCUT2D eigenvalue weighted by atomic mass is 32.2. The Morgan fingerprint density at radius 1 is 1.56 bits per heavy atom. The highest BCUT2D eigenvalue weighted by molar-refractivity contribution is 7.99. The second kappa shape index (κ2) is 5.46. The fourth-order valence-electron chi connectivity index (χ4n) is 1.34. The van der Waals surface area contributed by atoms with Crippen molar-refractivity contribution in [3.63, 3.8) is 0 Å². The molecule has 0 unspecified atom stereocenters. The van der Waals surface area contributed by atoms with Crippen molar-refractivity contribution in [3.8, 4) is 11.4 Å². The van der Waals surface area contributed by atoms with Gasteiger partial charge in [-0.05, 0) is 11.6 Å². The van der Waals surface area contributed by atoms with Gasteiger partial charge < -0.3 is 10.5 Å². The molecular weight excluding hydrogens is 252 g/mol. The number of nitrogens with zero attached hydrogens (tertiary/aromatic N) is 2. The van der Waals surface area contributed by atoms with Gasteiger partial charge in [0.1, 0.15) is 0 Å². The summed E-state index contributed by atoms with van der Waals surface area (Å²) in [5, 5.41) is 22.8. The van der Waals surface area contributed by atoms with Gasteiger partial charge >= 0.3 is 5.97 Å². The molecule has 0 amide bonds. The monoisotopic (exact) mass is 262 g/mol. The van der Waals surface area contributed by atoms with Crippen molar-refractivity contribution in [1.29, 1.82) is 5.41 Å². The molecule has 0 bridgehead atoms. The molecule has 0 spiro atoms. The van der Waals surface area contributed by atoms with E-state index in [1.165, 1.54) is 6.21 Å². The maximum Gasteiger partial charge on any atom is 0.313 e. The minimum absolute atomic E-state index is 0.0716. The number of H-pyrrole nitrogens is 1. The first-order valence-electron chi connectivity index (χ1n) is 5.07. The van der Waals surface area contributed by atoms with Gasteiger partial charge in [0.25, 0.3) is 0 Å². The molecular formula is C11H10N4O2S. The molecule has 0 saturated heterocycles. The zero-order valence-corrected chi connectivity index (χ0v) is 10.1. The van der Waals surface area contributed by atoms with E-state index in [-0.39, 0.29) is 5.75 Å². The van der Waals surface area contributed by atoms with Crippen LogP contribution in [0.15, 0.2) is 29.4 Å². The first-order chi connectivity index (χ1) is 8.69. The van der Waals surface area contributed by atoms with Crippen LogP contribution in [0.2, 0.25) is 0 Å². The van der Waals surface area contributed by atoms with E-state index in [9.17, 15) is 4.79 Å². The fourth-order valence-corrected chi connectivity index (χ4v) is 1.86. The third kappa shape index (κ3) is 2.95. The summed E-state index contributed by atoms with van der Waals surface area (Å²) < 4.78 is 0. The Morgan fingerprint density at radius 2 is 2.39 bits per heavy atom. The van der Waals surface area contributed by atoms with Crippen LogP contribution < -0.4 is 0 Å². The minimum Gasteiger partial charge on any atom is -0.481 e. The van der Waals surface area contributed by atoms with Gasteiger partial charge in [0.05, 0.1) is 5.75 Å². The summed E-state index contributed by atoms with van der Waals surface area (Å²) in [6, 6.07) is 7.29. The molecule has 3 N–H and O–H groups in total. The second-order valence-electron chi connectivity index (χ2n) is 3.42. The smallest absolute Gasteiger partial charge is 0.313 e. The normalized spacial score (nSPS) is 10.2. The van der Waals surface area contributed by atoms with Crippen LogP contribution >= 0.6 is 11.8 Å². The zero-order valence-electron chi connectivity index (χ0n) is 9.25.